The number of amides is 2. The first-order valence-corrected chi connectivity index (χ1v) is 21.4. The zero-order chi connectivity index (χ0) is 45.9. The van der Waals surface area contributed by atoms with Crippen LogP contribution in [0.5, 0.6) is 0 Å². The second-order valence-corrected chi connectivity index (χ2v) is 16.4. The van der Waals surface area contributed by atoms with Gasteiger partial charge in [0.05, 0.1) is 29.7 Å². The van der Waals surface area contributed by atoms with Gasteiger partial charge in [-0.3, -0.25) is 14.4 Å². The van der Waals surface area contributed by atoms with Crippen molar-refractivity contribution in [3.8, 4) is 5.69 Å². The van der Waals surface area contributed by atoms with Gasteiger partial charge >= 0.3 is 24.1 Å². The molecule has 9 atom stereocenters. The number of carbonyl (C=O) groups excluding carboxylic acids is 4. The van der Waals surface area contributed by atoms with Crippen molar-refractivity contribution in [3.63, 3.8) is 0 Å². The summed E-state index contributed by atoms with van der Waals surface area (Å²) in [6, 6.07) is 9.50. The SMILES string of the molecule is CC.CC(C)C(=O)O.CC1C(=O)[C@H](C)C[C@@H](OC(=O)NC/C=C/c2ccc(-n3cccn3)cc2)CCC[C@@H](C)C(=O)OC[C@@]2(C)OC(=O)N[C@H]12.CC1C[C@H](N(C)C)CC(O)O1. The van der Waals surface area contributed by atoms with Crippen molar-refractivity contribution in [2.75, 3.05) is 27.2 Å². The zero-order valence-corrected chi connectivity index (χ0v) is 38.0. The van der Waals surface area contributed by atoms with Crippen molar-refractivity contribution in [2.24, 2.45) is 23.7 Å². The number of nitrogens with zero attached hydrogens (tertiary/aromatic N) is 3. The van der Waals surface area contributed by atoms with Crippen LogP contribution in [-0.2, 0) is 33.3 Å². The third-order valence-corrected chi connectivity index (χ3v) is 10.7. The number of aliphatic carboxylic acids is 1. The number of alkyl carbamates (subject to hydrolysis) is 2. The van der Waals surface area contributed by atoms with Gasteiger partial charge in [0, 0.05) is 43.2 Å². The number of cyclic esters (lactones) is 1. The molecule has 0 bridgehead atoms. The molecule has 1 aromatic heterocycles. The van der Waals surface area contributed by atoms with E-state index >= 15 is 0 Å². The van der Waals surface area contributed by atoms with Crippen LogP contribution in [0.4, 0.5) is 9.59 Å². The maximum atomic E-state index is 13.4. The Kier molecular flexibility index (Phi) is 22.2. The van der Waals surface area contributed by atoms with Crippen molar-refractivity contribution >= 4 is 36.0 Å². The molecule has 0 aliphatic carbocycles. The molecule has 342 valence electrons. The summed E-state index contributed by atoms with van der Waals surface area (Å²) >= 11 is 0. The highest BCUT2D eigenvalue weighted by Gasteiger charge is 2.51. The van der Waals surface area contributed by atoms with Crippen molar-refractivity contribution in [3.05, 3.63) is 54.4 Å². The molecular formula is C45H71N5O11. The van der Waals surface area contributed by atoms with Crippen LogP contribution in [0.1, 0.15) is 106 Å². The number of rotatable bonds is 7. The number of hydrogen-bond acceptors (Lipinski definition) is 12. The van der Waals surface area contributed by atoms with E-state index in [-0.39, 0.29) is 36.9 Å². The number of nitrogens with one attached hydrogen (secondary N) is 2. The predicted molar refractivity (Wildman–Crippen MR) is 232 cm³/mol. The minimum Gasteiger partial charge on any atom is -0.481 e. The molecule has 0 saturated carbocycles. The standard InChI is InChI=1S/C31H40N4O7.C8H17NO2.C4H8O2.C2H6/c1-20-8-5-10-25(18-21(2)26(36)22(3)27-31(4,19-40-28(20)37)42-30(39)34-27)41-29(38)32-15-6-9-23-11-13-24(14-12-23)35-17-7-16-33-35;1-6-4-7(9(2)3)5-8(10)11-6;1-3(2)4(5)6;1-2/h6-7,9,11-14,16-17,20-22,25,27H,5,8,10,15,18-19H2,1-4H3,(H,32,38)(H,34,39);6-8,10H,4-5H2,1-3H3;3H,1-2H3,(H,5,6);1-2H3/b9-6+;;;/t20-,21-,22?,25+,27-,31-;6?,7-,8?;;/m10../s1. The summed E-state index contributed by atoms with van der Waals surface area (Å²) in [5.41, 5.74) is 0.753. The summed E-state index contributed by atoms with van der Waals surface area (Å²) in [4.78, 5) is 62.6. The molecule has 2 amide bonds. The third-order valence-electron chi connectivity index (χ3n) is 10.7. The Hall–Kier alpha value is -4.80. The number of esters is 1. The van der Waals surface area contributed by atoms with Gasteiger partial charge in [0.25, 0.3) is 0 Å². The van der Waals surface area contributed by atoms with E-state index in [1.807, 2.05) is 83.5 Å². The molecule has 16 heteroatoms. The van der Waals surface area contributed by atoms with Crippen molar-refractivity contribution in [1.29, 1.82) is 0 Å². The fourth-order valence-electron chi connectivity index (χ4n) is 7.04. The number of Topliss-reactive ketones (excluding diaryl/α,β-unsaturated/α-hetero) is 1. The maximum Gasteiger partial charge on any atom is 0.408 e. The molecule has 16 nitrogen and oxygen atoms in total. The maximum absolute atomic E-state index is 13.4. The molecule has 5 rings (SSSR count). The van der Waals surface area contributed by atoms with Gasteiger partial charge in [-0.05, 0) is 83.8 Å². The smallest absolute Gasteiger partial charge is 0.408 e. The number of carbonyl (C=O) groups is 5. The summed E-state index contributed by atoms with van der Waals surface area (Å²) in [5.74, 6) is -2.90. The van der Waals surface area contributed by atoms with Gasteiger partial charge in [0.15, 0.2) is 11.9 Å². The average Bonchev–Trinajstić information content (AvgIpc) is 3.86. The Morgan fingerprint density at radius 3 is 2.28 bits per heavy atom. The Bertz CT molecular complexity index is 1670. The van der Waals surface area contributed by atoms with Crippen LogP contribution in [0.2, 0.25) is 0 Å². The second-order valence-electron chi connectivity index (χ2n) is 16.4. The highest BCUT2D eigenvalue weighted by Crippen LogP contribution is 2.32. The predicted octanol–water partition coefficient (Wildman–Crippen LogP) is 6.63. The number of ketones is 1. The number of aromatic nitrogens is 2. The molecule has 61 heavy (non-hydrogen) atoms. The second kappa shape index (κ2) is 25.9. The van der Waals surface area contributed by atoms with Gasteiger partial charge in [0.1, 0.15) is 18.5 Å². The lowest BCUT2D eigenvalue weighted by molar-refractivity contribution is -0.172. The van der Waals surface area contributed by atoms with Crippen molar-refractivity contribution in [2.45, 2.75) is 137 Å². The topological polar surface area (TPSA) is 208 Å². The lowest BCUT2D eigenvalue weighted by Gasteiger charge is -2.34. The summed E-state index contributed by atoms with van der Waals surface area (Å²) in [6.07, 6.45) is 8.89. The Labute approximate surface area is 361 Å². The quantitative estimate of drug-likeness (QED) is 0.171. The fourth-order valence-corrected chi connectivity index (χ4v) is 7.04. The minimum atomic E-state index is -1.17. The lowest BCUT2D eigenvalue weighted by Crippen LogP contribution is -2.52. The molecule has 0 radical (unpaired) electrons. The molecule has 3 unspecified atom stereocenters. The largest absolute Gasteiger partial charge is 0.481 e. The molecule has 3 saturated heterocycles. The van der Waals surface area contributed by atoms with Gasteiger partial charge in [0.2, 0.25) is 0 Å². The van der Waals surface area contributed by atoms with Gasteiger partial charge in [-0.15, -0.1) is 0 Å². The van der Waals surface area contributed by atoms with E-state index in [0.717, 1.165) is 24.1 Å². The molecule has 3 aliphatic rings. The summed E-state index contributed by atoms with van der Waals surface area (Å²) < 4.78 is 23.7. The molecule has 3 fully saturated rings. The molecule has 1 aromatic carbocycles. The van der Waals surface area contributed by atoms with Crippen LogP contribution in [0.15, 0.2) is 48.8 Å². The van der Waals surface area contributed by atoms with Gasteiger partial charge in [-0.25, -0.2) is 14.3 Å². The monoisotopic (exact) mass is 858 g/mol. The summed E-state index contributed by atoms with van der Waals surface area (Å²) in [5, 5.41) is 26.9. The molecule has 2 aromatic rings. The van der Waals surface area contributed by atoms with Crippen LogP contribution in [-0.4, -0.2) is 118 Å². The van der Waals surface area contributed by atoms with E-state index in [1.165, 1.54) is 0 Å². The number of carboxylic acids is 1. The van der Waals surface area contributed by atoms with Crippen molar-refractivity contribution < 1.29 is 53.1 Å². The van der Waals surface area contributed by atoms with Crippen LogP contribution < -0.4 is 10.6 Å². The van der Waals surface area contributed by atoms with Crippen LogP contribution >= 0.6 is 0 Å². The number of fused-ring (bicyclic) bond motifs is 1. The number of ether oxygens (including phenoxy) is 4. The molecule has 4 N–H and O–H groups in total. The number of aliphatic hydroxyl groups excluding tert-OH is 1. The van der Waals surface area contributed by atoms with E-state index in [1.54, 1.807) is 52.4 Å². The normalized spacial score (nSPS) is 28.2. The summed E-state index contributed by atoms with van der Waals surface area (Å²) in [7, 11) is 4.07. The highest BCUT2D eigenvalue weighted by atomic mass is 16.6. The zero-order valence-electron chi connectivity index (χ0n) is 38.0. The van der Waals surface area contributed by atoms with Gasteiger partial charge in [-0.2, -0.15) is 5.10 Å². The van der Waals surface area contributed by atoms with E-state index < -0.39 is 60.0 Å². The van der Waals surface area contributed by atoms with E-state index in [9.17, 15) is 29.1 Å². The van der Waals surface area contributed by atoms with Gasteiger partial charge < -0.3 is 44.7 Å². The highest BCUT2D eigenvalue weighted by molar-refractivity contribution is 5.85. The van der Waals surface area contributed by atoms with Gasteiger partial charge in [-0.1, -0.05) is 72.8 Å². The van der Waals surface area contributed by atoms with Crippen LogP contribution in [0, 0.1) is 23.7 Å². The Balaban J connectivity index is 0.000000557. The number of hydrogen-bond donors (Lipinski definition) is 4. The number of carboxylic acid groups (broad SMARTS) is 1. The minimum absolute atomic E-state index is 0.0932. The van der Waals surface area contributed by atoms with Crippen LogP contribution in [0.3, 0.4) is 0 Å². The van der Waals surface area contributed by atoms with Crippen LogP contribution in [0.25, 0.3) is 11.8 Å². The molecule has 0 spiro atoms. The first-order valence-electron chi connectivity index (χ1n) is 21.4. The van der Waals surface area contributed by atoms with E-state index in [4.69, 9.17) is 24.1 Å². The lowest BCUT2D eigenvalue weighted by atomic mass is 9.80. The molecule has 4 heterocycles. The average molecular weight is 858 g/mol. The van der Waals surface area contributed by atoms with Crippen molar-refractivity contribution in [1.82, 2.24) is 25.3 Å². The molecular weight excluding hydrogens is 787 g/mol. The number of benzene rings is 1. The number of aliphatic hydroxyl groups is 1. The Morgan fingerprint density at radius 2 is 1.70 bits per heavy atom. The molecule has 3 aliphatic heterocycles. The first kappa shape index (κ1) is 52.3. The first-order chi connectivity index (χ1) is 28.8. The van der Waals surface area contributed by atoms with E-state index in [2.05, 4.69) is 20.6 Å². The van der Waals surface area contributed by atoms with E-state index in [0.29, 0.717) is 31.7 Å². The third kappa shape index (κ3) is 17.6. The fraction of sp³-hybridized carbons (Fsp3) is 0.644. The summed E-state index contributed by atoms with van der Waals surface area (Å²) in [6.45, 7) is 16.4. The Morgan fingerprint density at radius 1 is 1.05 bits per heavy atom.